The molecule has 1 atom stereocenters. The number of hydrogen-bond acceptors (Lipinski definition) is 2. The highest BCUT2D eigenvalue weighted by Crippen LogP contribution is 2.62. The van der Waals surface area contributed by atoms with Crippen LogP contribution in [0, 0.1) is 29.1 Å². The van der Waals surface area contributed by atoms with Gasteiger partial charge in [0.2, 0.25) is 0 Å². The van der Waals surface area contributed by atoms with Crippen molar-refractivity contribution in [1.82, 2.24) is 5.43 Å². The Balaban J connectivity index is 1.48. The minimum absolute atomic E-state index is 0.610. The van der Waals surface area contributed by atoms with Gasteiger partial charge in [0.25, 0.3) is 0 Å². The van der Waals surface area contributed by atoms with Gasteiger partial charge in [-0.05, 0) is 86.9 Å². The summed E-state index contributed by atoms with van der Waals surface area (Å²) in [7, 11) is 0. The van der Waals surface area contributed by atoms with Crippen LogP contribution in [0.5, 0.6) is 0 Å². The number of rotatable bonds is 4. The Morgan fingerprint density at radius 1 is 0.947 bits per heavy atom. The van der Waals surface area contributed by atoms with E-state index in [9.17, 15) is 0 Å². The Bertz CT molecular complexity index is 297. The van der Waals surface area contributed by atoms with Crippen LogP contribution in [0.2, 0.25) is 0 Å². The molecule has 5 aliphatic rings. The van der Waals surface area contributed by atoms with Gasteiger partial charge in [-0.1, -0.05) is 12.8 Å². The molecule has 19 heavy (non-hydrogen) atoms. The summed E-state index contributed by atoms with van der Waals surface area (Å²) in [6.07, 6.45) is 16.4. The number of nitrogens with one attached hydrogen (secondary N) is 1. The molecule has 0 heterocycles. The quantitative estimate of drug-likeness (QED) is 0.600. The van der Waals surface area contributed by atoms with E-state index in [-0.39, 0.29) is 0 Å². The molecule has 5 fully saturated rings. The molecule has 4 bridgehead atoms. The van der Waals surface area contributed by atoms with Crippen LogP contribution < -0.4 is 11.3 Å². The van der Waals surface area contributed by atoms with E-state index < -0.39 is 0 Å². The Morgan fingerprint density at radius 2 is 1.47 bits per heavy atom. The van der Waals surface area contributed by atoms with E-state index in [1.165, 1.54) is 51.4 Å². The lowest BCUT2D eigenvalue weighted by Crippen LogP contribution is -2.51. The highest BCUT2D eigenvalue weighted by atomic mass is 15.2. The molecule has 0 aliphatic heterocycles. The minimum atomic E-state index is 0.610. The second kappa shape index (κ2) is 4.73. The van der Waals surface area contributed by atoms with Crippen LogP contribution in [-0.4, -0.2) is 6.04 Å². The van der Waals surface area contributed by atoms with Gasteiger partial charge in [0.15, 0.2) is 0 Å². The SMILES string of the molecule is NNC(CC12CC3CC(CC(C3)C1)C2)C1CCCC1. The number of hydrazine groups is 1. The zero-order chi connectivity index (χ0) is 12.9. The number of nitrogens with two attached hydrogens (primary N) is 1. The monoisotopic (exact) mass is 262 g/mol. The molecule has 1 unspecified atom stereocenters. The third-order valence-corrected chi connectivity index (χ3v) is 7.00. The molecule has 0 spiro atoms. The second-order valence-electron chi connectivity index (χ2n) is 8.44. The van der Waals surface area contributed by atoms with Crippen LogP contribution in [0.3, 0.4) is 0 Å². The van der Waals surface area contributed by atoms with Gasteiger partial charge in [0.05, 0.1) is 0 Å². The van der Waals surface area contributed by atoms with Crippen LogP contribution >= 0.6 is 0 Å². The van der Waals surface area contributed by atoms with Crippen molar-refractivity contribution in [2.24, 2.45) is 34.9 Å². The first-order chi connectivity index (χ1) is 9.26. The molecule has 0 aromatic rings. The summed E-state index contributed by atoms with van der Waals surface area (Å²) < 4.78 is 0. The lowest BCUT2D eigenvalue weighted by molar-refractivity contribution is -0.0648. The maximum atomic E-state index is 5.93. The summed E-state index contributed by atoms with van der Waals surface area (Å²) in [5, 5.41) is 0. The van der Waals surface area contributed by atoms with E-state index in [0.717, 1.165) is 23.7 Å². The summed E-state index contributed by atoms with van der Waals surface area (Å²) in [5.74, 6) is 10.0. The van der Waals surface area contributed by atoms with E-state index >= 15 is 0 Å². The summed E-state index contributed by atoms with van der Waals surface area (Å²) in [6, 6.07) is 0.610. The molecule has 5 saturated carbocycles. The van der Waals surface area contributed by atoms with Gasteiger partial charge in [-0.2, -0.15) is 0 Å². The smallest absolute Gasteiger partial charge is 0.0244 e. The van der Waals surface area contributed by atoms with Gasteiger partial charge in [-0.15, -0.1) is 0 Å². The normalized spacial score (nSPS) is 46.9. The molecule has 0 aromatic heterocycles. The summed E-state index contributed by atoms with van der Waals surface area (Å²) in [5.41, 5.74) is 3.91. The van der Waals surface area contributed by atoms with Crippen molar-refractivity contribution in [3.8, 4) is 0 Å². The Hall–Kier alpha value is -0.0800. The van der Waals surface area contributed by atoms with Crippen LogP contribution in [0.15, 0.2) is 0 Å². The highest BCUT2D eigenvalue weighted by molar-refractivity contribution is 5.03. The molecular formula is C17H30N2. The van der Waals surface area contributed by atoms with Crippen molar-refractivity contribution in [1.29, 1.82) is 0 Å². The summed E-state index contributed by atoms with van der Waals surface area (Å²) >= 11 is 0. The highest BCUT2D eigenvalue weighted by Gasteiger charge is 2.51. The predicted molar refractivity (Wildman–Crippen MR) is 78.3 cm³/mol. The second-order valence-corrected chi connectivity index (χ2v) is 8.44. The maximum Gasteiger partial charge on any atom is 0.0244 e. The first-order valence-corrected chi connectivity index (χ1v) is 8.72. The van der Waals surface area contributed by atoms with E-state index in [1.807, 2.05) is 0 Å². The first kappa shape index (κ1) is 12.6. The Labute approximate surface area is 117 Å². The molecule has 2 heteroatoms. The van der Waals surface area contributed by atoms with Gasteiger partial charge < -0.3 is 0 Å². The Kier molecular flexibility index (Phi) is 3.15. The molecule has 108 valence electrons. The summed E-state index contributed by atoms with van der Waals surface area (Å²) in [6.45, 7) is 0. The fourth-order valence-corrected chi connectivity index (χ4v) is 6.73. The average Bonchev–Trinajstić information content (AvgIpc) is 2.88. The molecule has 3 N–H and O–H groups in total. The molecule has 0 amide bonds. The zero-order valence-electron chi connectivity index (χ0n) is 12.2. The van der Waals surface area contributed by atoms with Crippen molar-refractivity contribution in [2.75, 3.05) is 0 Å². The van der Waals surface area contributed by atoms with Gasteiger partial charge in [-0.3, -0.25) is 11.3 Å². The average molecular weight is 262 g/mol. The third-order valence-electron chi connectivity index (χ3n) is 7.00. The van der Waals surface area contributed by atoms with Gasteiger partial charge in [0.1, 0.15) is 0 Å². The molecule has 0 aromatic carbocycles. The minimum Gasteiger partial charge on any atom is -0.271 e. The first-order valence-electron chi connectivity index (χ1n) is 8.72. The van der Waals surface area contributed by atoms with Crippen molar-refractivity contribution >= 4 is 0 Å². The van der Waals surface area contributed by atoms with E-state index in [0.29, 0.717) is 11.5 Å². The molecular weight excluding hydrogens is 232 g/mol. The molecule has 0 radical (unpaired) electrons. The van der Waals surface area contributed by atoms with Crippen LogP contribution in [0.25, 0.3) is 0 Å². The standard InChI is InChI=1S/C17H30N2/c18-19-16(15-3-1-2-4-15)11-17-8-12-5-13(9-17)7-14(6-12)10-17/h12-16,19H,1-11,18H2. The fraction of sp³-hybridized carbons (Fsp3) is 1.00. The maximum absolute atomic E-state index is 5.93. The molecule has 2 nitrogen and oxygen atoms in total. The van der Waals surface area contributed by atoms with Crippen molar-refractivity contribution < 1.29 is 0 Å². The van der Waals surface area contributed by atoms with Crippen LogP contribution in [0.4, 0.5) is 0 Å². The van der Waals surface area contributed by atoms with E-state index in [1.54, 1.807) is 19.3 Å². The fourth-order valence-electron chi connectivity index (χ4n) is 6.73. The largest absolute Gasteiger partial charge is 0.271 e. The molecule has 0 saturated heterocycles. The van der Waals surface area contributed by atoms with Crippen LogP contribution in [-0.2, 0) is 0 Å². The van der Waals surface area contributed by atoms with E-state index in [4.69, 9.17) is 5.84 Å². The topological polar surface area (TPSA) is 38.0 Å². The van der Waals surface area contributed by atoms with E-state index in [2.05, 4.69) is 5.43 Å². The van der Waals surface area contributed by atoms with Gasteiger partial charge in [0, 0.05) is 6.04 Å². The third kappa shape index (κ3) is 2.25. The Morgan fingerprint density at radius 3 is 1.95 bits per heavy atom. The lowest BCUT2D eigenvalue weighted by atomic mass is 9.48. The zero-order valence-corrected chi connectivity index (χ0v) is 12.2. The molecule has 5 aliphatic carbocycles. The van der Waals surface area contributed by atoms with Gasteiger partial charge >= 0.3 is 0 Å². The van der Waals surface area contributed by atoms with Crippen molar-refractivity contribution in [3.05, 3.63) is 0 Å². The predicted octanol–water partition coefficient (Wildman–Crippen LogP) is 3.62. The molecule has 5 rings (SSSR count). The lowest BCUT2D eigenvalue weighted by Gasteiger charge is -2.58. The van der Waals surface area contributed by atoms with Crippen LogP contribution in [0.1, 0.15) is 70.6 Å². The van der Waals surface area contributed by atoms with Crippen molar-refractivity contribution in [2.45, 2.75) is 76.7 Å². The number of hydrogen-bond donors (Lipinski definition) is 2. The summed E-state index contributed by atoms with van der Waals surface area (Å²) in [4.78, 5) is 0. The van der Waals surface area contributed by atoms with Crippen molar-refractivity contribution in [3.63, 3.8) is 0 Å². The van der Waals surface area contributed by atoms with Gasteiger partial charge in [-0.25, -0.2) is 0 Å².